The van der Waals surface area contributed by atoms with Gasteiger partial charge in [-0.15, -0.1) is 10.2 Å². The van der Waals surface area contributed by atoms with Crippen molar-refractivity contribution in [1.82, 2.24) is 24.1 Å². The van der Waals surface area contributed by atoms with Crippen molar-refractivity contribution in [3.63, 3.8) is 0 Å². The molecule has 5 aromatic carbocycles. The first kappa shape index (κ1) is 24.0. The summed E-state index contributed by atoms with van der Waals surface area (Å²) >= 11 is 0. The summed E-state index contributed by atoms with van der Waals surface area (Å²) in [5.41, 5.74) is 6.44. The monoisotopic (exact) mass is 542 g/mol. The molecule has 0 amide bonds. The molecule has 0 aliphatic carbocycles. The Kier molecular flexibility index (Phi) is 5.67. The van der Waals surface area contributed by atoms with Gasteiger partial charge < -0.3 is 4.57 Å². The van der Waals surface area contributed by atoms with Crippen molar-refractivity contribution in [1.29, 1.82) is 0 Å². The lowest BCUT2D eigenvalue weighted by Crippen LogP contribution is -2.12. The van der Waals surface area contributed by atoms with E-state index in [0.717, 1.165) is 34.4 Å². The number of fused-ring (bicyclic) bond motifs is 3. The number of nitrogens with zero attached hydrogens (tertiary/aromatic N) is 6. The van der Waals surface area contributed by atoms with Crippen LogP contribution in [0.4, 0.5) is 17.3 Å². The first-order valence-electron chi connectivity index (χ1n) is 13.9. The lowest BCUT2D eigenvalue weighted by molar-refractivity contribution is 0.858. The van der Waals surface area contributed by atoms with E-state index in [0.29, 0.717) is 0 Å². The van der Waals surface area contributed by atoms with Crippen LogP contribution >= 0.6 is 0 Å². The highest BCUT2D eigenvalue weighted by molar-refractivity contribution is 6.09. The van der Waals surface area contributed by atoms with Crippen molar-refractivity contribution in [2.45, 2.75) is 0 Å². The fraction of sp³-hybridized carbons (Fsp3) is 0. The third-order valence-electron chi connectivity index (χ3n) is 7.60. The fourth-order valence-electron chi connectivity index (χ4n) is 5.65. The van der Waals surface area contributed by atoms with E-state index < -0.39 is 0 Å². The number of anilines is 3. The molecule has 0 N–H and O–H groups in total. The quantitative estimate of drug-likeness (QED) is 0.211. The second-order valence-corrected chi connectivity index (χ2v) is 10.1. The van der Waals surface area contributed by atoms with Crippen LogP contribution in [0.5, 0.6) is 0 Å². The van der Waals surface area contributed by atoms with Gasteiger partial charge in [-0.2, -0.15) is 0 Å². The second kappa shape index (κ2) is 9.94. The maximum Gasteiger partial charge on any atom is 0.161 e. The highest BCUT2D eigenvalue weighted by atomic mass is 15.4. The van der Waals surface area contributed by atoms with Crippen molar-refractivity contribution in [3.05, 3.63) is 158 Å². The highest BCUT2D eigenvalue weighted by Gasteiger charge is 2.19. The molecule has 3 heterocycles. The van der Waals surface area contributed by atoms with Crippen molar-refractivity contribution in [3.8, 4) is 17.1 Å². The van der Waals surface area contributed by atoms with Crippen LogP contribution in [0.25, 0.3) is 38.9 Å². The summed E-state index contributed by atoms with van der Waals surface area (Å²) in [6.45, 7) is 0. The number of hydrogen-bond donors (Lipinski definition) is 0. The largest absolute Gasteiger partial charge is 0.309 e. The molecule has 6 nitrogen and oxygen atoms in total. The summed E-state index contributed by atoms with van der Waals surface area (Å²) in [6.07, 6.45) is 3.97. The first-order chi connectivity index (χ1) is 20.8. The van der Waals surface area contributed by atoms with Gasteiger partial charge >= 0.3 is 0 Å². The minimum absolute atomic E-state index is 0.779. The summed E-state index contributed by atoms with van der Waals surface area (Å²) in [7, 11) is 0. The van der Waals surface area contributed by atoms with Gasteiger partial charge in [0.15, 0.2) is 11.6 Å². The molecule has 0 unspecified atom stereocenters. The zero-order valence-corrected chi connectivity index (χ0v) is 22.7. The summed E-state index contributed by atoms with van der Waals surface area (Å²) < 4.78 is 6.11. The summed E-state index contributed by atoms with van der Waals surface area (Å²) in [5, 5.41) is 12.4. The van der Waals surface area contributed by atoms with Crippen LogP contribution in [0.1, 0.15) is 0 Å². The average molecular weight is 543 g/mol. The van der Waals surface area contributed by atoms with Crippen molar-refractivity contribution in [2.24, 2.45) is 0 Å². The molecular weight excluding hydrogens is 516 g/mol. The van der Waals surface area contributed by atoms with Crippen molar-refractivity contribution in [2.75, 3.05) is 4.90 Å². The van der Waals surface area contributed by atoms with Crippen LogP contribution in [-0.2, 0) is 0 Å². The molecule has 6 heteroatoms. The van der Waals surface area contributed by atoms with Crippen molar-refractivity contribution >= 4 is 39.1 Å². The van der Waals surface area contributed by atoms with E-state index in [1.807, 2.05) is 94.6 Å². The van der Waals surface area contributed by atoms with Gasteiger partial charge in [-0.1, -0.05) is 72.8 Å². The molecule has 0 aliphatic rings. The predicted molar refractivity (Wildman–Crippen MR) is 170 cm³/mol. The SMILES string of the molecule is c1ccc(-n2ccc(N(c3ccc(-n4c5ccccc5c5ccccc54)cc3)c3ccn(-c4ccccc4)n3)n2)cc1. The number of benzene rings is 5. The molecule has 8 rings (SSSR count). The molecule has 0 fully saturated rings. The molecule has 0 radical (unpaired) electrons. The average Bonchev–Trinajstić information content (AvgIpc) is 3.81. The maximum absolute atomic E-state index is 4.96. The van der Waals surface area contributed by atoms with Crippen LogP contribution in [0, 0.1) is 0 Å². The smallest absolute Gasteiger partial charge is 0.161 e. The molecule has 3 aromatic heterocycles. The van der Waals surface area contributed by atoms with Crippen LogP contribution < -0.4 is 4.90 Å². The van der Waals surface area contributed by atoms with Crippen molar-refractivity contribution < 1.29 is 0 Å². The Morgan fingerprint density at radius 3 is 1.36 bits per heavy atom. The van der Waals surface area contributed by atoms with Gasteiger partial charge in [0.1, 0.15) is 0 Å². The van der Waals surface area contributed by atoms with E-state index in [1.54, 1.807) is 0 Å². The summed E-state index contributed by atoms with van der Waals surface area (Å²) in [4.78, 5) is 2.09. The molecule has 0 atom stereocenters. The molecule has 42 heavy (non-hydrogen) atoms. The van der Waals surface area contributed by atoms with Crippen LogP contribution in [-0.4, -0.2) is 24.1 Å². The van der Waals surface area contributed by atoms with E-state index in [9.17, 15) is 0 Å². The van der Waals surface area contributed by atoms with Gasteiger partial charge in [0.25, 0.3) is 0 Å². The van der Waals surface area contributed by atoms with Gasteiger partial charge in [-0.3, -0.25) is 4.90 Å². The predicted octanol–water partition coefficient (Wildman–Crippen LogP) is 8.62. The summed E-state index contributed by atoms with van der Waals surface area (Å²) in [6, 6.07) is 50.1. The number of aromatic nitrogens is 5. The Hall–Kier alpha value is -5.88. The Bertz CT molecular complexity index is 2010. The normalized spacial score (nSPS) is 11.3. The van der Waals surface area contributed by atoms with Crippen LogP contribution in [0.2, 0.25) is 0 Å². The highest BCUT2D eigenvalue weighted by Crippen LogP contribution is 2.36. The minimum Gasteiger partial charge on any atom is -0.309 e. The van der Waals surface area contributed by atoms with E-state index in [2.05, 4.69) is 82.3 Å². The van der Waals surface area contributed by atoms with E-state index in [1.165, 1.54) is 21.8 Å². The third kappa shape index (κ3) is 4.05. The Morgan fingerprint density at radius 1 is 0.405 bits per heavy atom. The summed E-state index contributed by atoms with van der Waals surface area (Å²) in [5.74, 6) is 1.56. The lowest BCUT2D eigenvalue weighted by Gasteiger charge is -2.20. The maximum atomic E-state index is 4.96. The van der Waals surface area contributed by atoms with Gasteiger partial charge in [0.2, 0.25) is 0 Å². The molecule has 0 saturated carbocycles. The molecule has 0 spiro atoms. The molecule has 8 aromatic rings. The standard InChI is InChI=1S/C36H26N6/c1-3-11-27(12-4-1)39-25-23-35(37-39)42(36-24-26-40(38-36)28-13-5-2-6-14-28)30-21-19-29(20-22-30)41-33-17-9-7-15-31(33)32-16-8-10-18-34(32)41/h1-26H. The molecule has 0 aliphatic heterocycles. The molecule has 200 valence electrons. The van der Waals surface area contributed by atoms with Crippen LogP contribution in [0.15, 0.2) is 158 Å². The first-order valence-corrected chi connectivity index (χ1v) is 13.9. The zero-order chi connectivity index (χ0) is 27.9. The molecular formula is C36H26N6. The van der Waals surface area contributed by atoms with Crippen LogP contribution in [0.3, 0.4) is 0 Å². The number of rotatable bonds is 6. The Balaban J connectivity index is 1.24. The zero-order valence-electron chi connectivity index (χ0n) is 22.7. The fourth-order valence-corrected chi connectivity index (χ4v) is 5.65. The van der Waals surface area contributed by atoms with Gasteiger partial charge in [0, 0.05) is 46.7 Å². The second-order valence-electron chi connectivity index (χ2n) is 10.1. The topological polar surface area (TPSA) is 43.8 Å². The van der Waals surface area contributed by atoms with E-state index in [4.69, 9.17) is 10.2 Å². The Morgan fingerprint density at radius 2 is 0.857 bits per heavy atom. The number of para-hydroxylation sites is 4. The Labute approximate surface area is 242 Å². The van der Waals surface area contributed by atoms with Gasteiger partial charge in [-0.25, -0.2) is 9.36 Å². The third-order valence-corrected chi connectivity index (χ3v) is 7.60. The lowest BCUT2D eigenvalue weighted by atomic mass is 10.2. The molecule has 0 saturated heterocycles. The van der Waals surface area contributed by atoms with Gasteiger partial charge in [-0.05, 0) is 60.7 Å². The van der Waals surface area contributed by atoms with E-state index in [-0.39, 0.29) is 0 Å². The number of hydrogen-bond acceptors (Lipinski definition) is 3. The van der Waals surface area contributed by atoms with E-state index >= 15 is 0 Å². The minimum atomic E-state index is 0.779. The van der Waals surface area contributed by atoms with Gasteiger partial charge in [0.05, 0.1) is 22.4 Å². The molecule has 0 bridgehead atoms.